The predicted molar refractivity (Wildman–Crippen MR) is 117 cm³/mol. The van der Waals surface area contributed by atoms with E-state index in [1.165, 1.54) is 0 Å². The van der Waals surface area contributed by atoms with Crippen LogP contribution in [0.25, 0.3) is 11.6 Å². The second-order valence-corrected chi connectivity index (χ2v) is 6.93. The van der Waals surface area contributed by atoms with E-state index < -0.39 is 0 Å². The van der Waals surface area contributed by atoms with Crippen molar-refractivity contribution in [2.24, 2.45) is 0 Å². The van der Waals surface area contributed by atoms with Crippen molar-refractivity contribution in [2.45, 2.75) is 0 Å². The summed E-state index contributed by atoms with van der Waals surface area (Å²) in [6.45, 7) is -0.180. The SMILES string of the molecule is N#C/C(=C\c1cc(Cl)ccc1OCC(=O)Nc1ccccc1)c1ccc(Cl)cc1. The van der Waals surface area contributed by atoms with Gasteiger partial charge in [-0.15, -0.1) is 0 Å². The monoisotopic (exact) mass is 422 g/mol. The molecule has 6 heteroatoms. The lowest BCUT2D eigenvalue weighted by Crippen LogP contribution is -2.20. The van der Waals surface area contributed by atoms with E-state index in [4.69, 9.17) is 27.9 Å². The Morgan fingerprint density at radius 3 is 2.38 bits per heavy atom. The van der Waals surface area contributed by atoms with Gasteiger partial charge in [0.25, 0.3) is 5.91 Å². The van der Waals surface area contributed by atoms with Gasteiger partial charge in [0.1, 0.15) is 5.75 Å². The molecular weight excluding hydrogens is 407 g/mol. The molecule has 3 aromatic carbocycles. The zero-order valence-electron chi connectivity index (χ0n) is 15.2. The summed E-state index contributed by atoms with van der Waals surface area (Å²) in [6, 6.07) is 23.2. The number of nitrogens with one attached hydrogen (secondary N) is 1. The number of amides is 1. The molecule has 0 unspecified atom stereocenters. The first-order valence-corrected chi connectivity index (χ1v) is 9.46. The zero-order valence-corrected chi connectivity index (χ0v) is 16.7. The molecule has 0 fully saturated rings. The molecule has 0 aliphatic rings. The highest BCUT2D eigenvalue weighted by atomic mass is 35.5. The minimum atomic E-state index is -0.292. The maximum atomic E-state index is 12.2. The lowest BCUT2D eigenvalue weighted by atomic mass is 10.0. The van der Waals surface area contributed by atoms with Gasteiger partial charge in [-0.1, -0.05) is 53.5 Å². The van der Waals surface area contributed by atoms with Gasteiger partial charge in [0.2, 0.25) is 0 Å². The molecular formula is C23H16Cl2N2O2. The van der Waals surface area contributed by atoms with Crippen molar-refractivity contribution < 1.29 is 9.53 Å². The molecule has 4 nitrogen and oxygen atoms in total. The summed E-state index contributed by atoms with van der Waals surface area (Å²) >= 11 is 12.0. The Hall–Kier alpha value is -3.26. The molecule has 0 radical (unpaired) electrons. The maximum Gasteiger partial charge on any atom is 0.262 e. The first-order chi connectivity index (χ1) is 14.0. The van der Waals surface area contributed by atoms with Crippen LogP contribution in [0.1, 0.15) is 11.1 Å². The number of nitrogens with zero attached hydrogens (tertiary/aromatic N) is 1. The van der Waals surface area contributed by atoms with E-state index in [9.17, 15) is 10.1 Å². The van der Waals surface area contributed by atoms with E-state index in [0.29, 0.717) is 38.2 Å². The summed E-state index contributed by atoms with van der Waals surface area (Å²) < 4.78 is 5.68. The smallest absolute Gasteiger partial charge is 0.262 e. The molecule has 3 rings (SSSR count). The summed E-state index contributed by atoms with van der Waals surface area (Å²) in [5, 5.41) is 13.4. The van der Waals surface area contributed by atoms with Gasteiger partial charge >= 0.3 is 0 Å². The number of allylic oxidation sites excluding steroid dienone is 1. The minimum absolute atomic E-state index is 0.180. The average Bonchev–Trinajstić information content (AvgIpc) is 2.73. The Morgan fingerprint density at radius 1 is 1.00 bits per heavy atom. The minimum Gasteiger partial charge on any atom is -0.483 e. The normalized spacial score (nSPS) is 10.9. The largest absolute Gasteiger partial charge is 0.483 e. The second-order valence-electron chi connectivity index (χ2n) is 6.06. The third-order valence-electron chi connectivity index (χ3n) is 3.96. The molecule has 0 atom stereocenters. The number of hydrogen-bond acceptors (Lipinski definition) is 3. The number of para-hydroxylation sites is 1. The molecule has 0 saturated carbocycles. The van der Waals surface area contributed by atoms with Gasteiger partial charge in [-0.05, 0) is 54.1 Å². The van der Waals surface area contributed by atoms with Gasteiger partial charge in [-0.3, -0.25) is 4.79 Å². The van der Waals surface area contributed by atoms with Crippen LogP contribution >= 0.6 is 23.2 Å². The fourth-order valence-electron chi connectivity index (χ4n) is 2.59. The summed E-state index contributed by atoms with van der Waals surface area (Å²) in [4.78, 5) is 12.2. The van der Waals surface area contributed by atoms with E-state index >= 15 is 0 Å². The van der Waals surface area contributed by atoms with Gasteiger partial charge < -0.3 is 10.1 Å². The molecule has 0 saturated heterocycles. The lowest BCUT2D eigenvalue weighted by Gasteiger charge is -2.11. The topological polar surface area (TPSA) is 62.1 Å². The van der Waals surface area contributed by atoms with Gasteiger partial charge in [0, 0.05) is 21.3 Å². The number of nitriles is 1. The van der Waals surface area contributed by atoms with Crippen molar-refractivity contribution in [1.82, 2.24) is 0 Å². The fourth-order valence-corrected chi connectivity index (χ4v) is 2.90. The first kappa shape index (κ1) is 20.5. The van der Waals surface area contributed by atoms with Crippen LogP contribution in [0.2, 0.25) is 10.0 Å². The Balaban J connectivity index is 1.79. The Kier molecular flexibility index (Phi) is 6.91. The highest BCUT2D eigenvalue weighted by Crippen LogP contribution is 2.28. The molecule has 144 valence electrons. The summed E-state index contributed by atoms with van der Waals surface area (Å²) in [7, 11) is 0. The van der Waals surface area contributed by atoms with Crippen molar-refractivity contribution in [3.8, 4) is 11.8 Å². The van der Waals surface area contributed by atoms with E-state index in [0.717, 1.165) is 0 Å². The number of ether oxygens (including phenoxy) is 1. The van der Waals surface area contributed by atoms with Gasteiger partial charge in [0.05, 0.1) is 11.6 Å². The maximum absolute atomic E-state index is 12.2. The third-order valence-corrected chi connectivity index (χ3v) is 4.45. The summed E-state index contributed by atoms with van der Waals surface area (Å²) in [6.07, 6.45) is 1.67. The van der Waals surface area contributed by atoms with Crippen LogP contribution < -0.4 is 10.1 Å². The molecule has 0 bridgehead atoms. The highest BCUT2D eigenvalue weighted by Gasteiger charge is 2.09. The molecule has 0 spiro atoms. The van der Waals surface area contributed by atoms with Crippen LogP contribution in [0.5, 0.6) is 5.75 Å². The zero-order chi connectivity index (χ0) is 20.6. The van der Waals surface area contributed by atoms with E-state index in [1.54, 1.807) is 60.7 Å². The van der Waals surface area contributed by atoms with E-state index in [-0.39, 0.29) is 12.5 Å². The molecule has 0 heterocycles. The number of anilines is 1. The van der Waals surface area contributed by atoms with Crippen molar-refractivity contribution in [1.29, 1.82) is 5.26 Å². The average molecular weight is 423 g/mol. The van der Waals surface area contributed by atoms with E-state index in [1.807, 2.05) is 18.2 Å². The van der Waals surface area contributed by atoms with E-state index in [2.05, 4.69) is 11.4 Å². The van der Waals surface area contributed by atoms with Crippen LogP contribution in [0.4, 0.5) is 5.69 Å². The van der Waals surface area contributed by atoms with Crippen LogP contribution in [0, 0.1) is 11.3 Å². The third kappa shape index (κ3) is 5.86. The Morgan fingerprint density at radius 2 is 1.69 bits per heavy atom. The van der Waals surface area contributed by atoms with Crippen LogP contribution in [0.15, 0.2) is 72.8 Å². The Labute approximate surface area is 179 Å². The quantitative estimate of drug-likeness (QED) is 0.386. The highest BCUT2D eigenvalue weighted by molar-refractivity contribution is 6.31. The lowest BCUT2D eigenvalue weighted by molar-refractivity contribution is -0.118. The van der Waals surface area contributed by atoms with Gasteiger partial charge in [-0.2, -0.15) is 5.26 Å². The Bertz CT molecular complexity index is 1070. The number of benzene rings is 3. The summed E-state index contributed by atoms with van der Waals surface area (Å²) in [5.41, 5.74) is 2.41. The van der Waals surface area contributed by atoms with Gasteiger partial charge in [0.15, 0.2) is 6.61 Å². The number of carbonyl (C=O) groups is 1. The van der Waals surface area contributed by atoms with Crippen molar-refractivity contribution in [3.05, 3.63) is 94.0 Å². The van der Waals surface area contributed by atoms with Crippen molar-refractivity contribution >= 4 is 46.4 Å². The fraction of sp³-hybridized carbons (Fsp3) is 0.0435. The molecule has 0 aromatic heterocycles. The van der Waals surface area contributed by atoms with Crippen LogP contribution in [-0.4, -0.2) is 12.5 Å². The molecule has 1 amide bonds. The summed E-state index contributed by atoms with van der Waals surface area (Å²) in [5.74, 6) is 0.151. The number of hydrogen-bond donors (Lipinski definition) is 1. The first-order valence-electron chi connectivity index (χ1n) is 8.70. The molecule has 29 heavy (non-hydrogen) atoms. The molecule has 0 aliphatic carbocycles. The molecule has 1 N–H and O–H groups in total. The van der Waals surface area contributed by atoms with Crippen LogP contribution in [0.3, 0.4) is 0 Å². The molecule has 3 aromatic rings. The van der Waals surface area contributed by atoms with Crippen LogP contribution in [-0.2, 0) is 4.79 Å². The second kappa shape index (κ2) is 9.79. The number of rotatable bonds is 6. The number of carbonyl (C=O) groups excluding carboxylic acids is 1. The van der Waals surface area contributed by atoms with Crippen molar-refractivity contribution in [3.63, 3.8) is 0 Å². The van der Waals surface area contributed by atoms with Crippen molar-refractivity contribution in [2.75, 3.05) is 11.9 Å². The molecule has 0 aliphatic heterocycles. The standard InChI is InChI=1S/C23H16Cl2N2O2/c24-19-8-6-16(7-9-19)18(14-26)12-17-13-20(25)10-11-22(17)29-15-23(28)27-21-4-2-1-3-5-21/h1-13H,15H2,(H,27,28)/b18-12+. The number of halogens is 2. The predicted octanol–water partition coefficient (Wildman–Crippen LogP) is 6.08. The van der Waals surface area contributed by atoms with Gasteiger partial charge in [-0.25, -0.2) is 0 Å².